The first-order valence-corrected chi connectivity index (χ1v) is 4.33. The van der Waals surface area contributed by atoms with Gasteiger partial charge in [-0.25, -0.2) is 0 Å². The van der Waals surface area contributed by atoms with Gasteiger partial charge >= 0.3 is 0 Å². The van der Waals surface area contributed by atoms with Gasteiger partial charge in [0.25, 0.3) is 0 Å². The van der Waals surface area contributed by atoms with Crippen LogP contribution in [0.25, 0.3) is 0 Å². The van der Waals surface area contributed by atoms with E-state index in [4.69, 9.17) is 9.47 Å². The van der Waals surface area contributed by atoms with Crippen molar-refractivity contribution < 1.29 is 14.6 Å². The molecule has 5 bridgehead atoms. The van der Waals surface area contributed by atoms with Crippen molar-refractivity contribution >= 4 is 0 Å². The number of rotatable bonds is 0. The molecule has 3 heterocycles. The zero-order chi connectivity index (χ0) is 7.16. The van der Waals surface area contributed by atoms with Crippen LogP contribution in [0.2, 0.25) is 0 Å². The summed E-state index contributed by atoms with van der Waals surface area (Å²) in [5.74, 6) is 1.27. The molecule has 0 radical (unpaired) electrons. The average Bonchev–Trinajstić information content (AvgIpc) is 2.62. The van der Waals surface area contributed by atoms with Gasteiger partial charge in [-0.15, -0.1) is 0 Å². The fraction of sp³-hybridized carbons (Fsp3) is 1.00. The smallest absolute Gasteiger partial charge is 0.0903 e. The fourth-order valence-corrected chi connectivity index (χ4v) is 3.14. The maximum atomic E-state index is 9.64. The molecule has 3 nitrogen and oxygen atoms in total. The number of ether oxygens (including phenoxy) is 2. The van der Waals surface area contributed by atoms with Crippen LogP contribution in [-0.2, 0) is 9.47 Å². The van der Waals surface area contributed by atoms with Crippen molar-refractivity contribution in [3.05, 3.63) is 0 Å². The Labute approximate surface area is 64.3 Å². The molecule has 1 N–H and O–H groups in total. The van der Waals surface area contributed by atoms with E-state index in [-0.39, 0.29) is 6.10 Å². The zero-order valence-corrected chi connectivity index (χ0v) is 6.01. The normalized spacial score (nSPS) is 75.5. The second-order valence-corrected chi connectivity index (χ2v) is 4.17. The molecule has 11 heavy (non-hydrogen) atoms. The van der Waals surface area contributed by atoms with Crippen molar-refractivity contribution in [1.29, 1.82) is 0 Å². The molecule has 5 unspecified atom stereocenters. The van der Waals surface area contributed by atoms with Crippen molar-refractivity contribution in [3.63, 3.8) is 0 Å². The first-order valence-electron chi connectivity index (χ1n) is 4.33. The number of aliphatic hydroxyl groups is 1. The summed E-state index contributed by atoms with van der Waals surface area (Å²) < 4.78 is 11.3. The third-order valence-electron chi connectivity index (χ3n) is 3.82. The van der Waals surface area contributed by atoms with Gasteiger partial charge in [-0.05, 0) is 0 Å². The monoisotopic (exact) mass is 154 g/mol. The maximum Gasteiger partial charge on any atom is 0.0903 e. The molecule has 5 aliphatic rings. The highest BCUT2D eigenvalue weighted by Crippen LogP contribution is 2.63. The van der Waals surface area contributed by atoms with Gasteiger partial charge in [0, 0.05) is 17.8 Å². The minimum Gasteiger partial charge on any atom is -0.392 e. The highest BCUT2D eigenvalue weighted by atomic mass is 16.6. The van der Waals surface area contributed by atoms with Crippen LogP contribution in [0.15, 0.2) is 0 Å². The SMILES string of the molecule is O[C@@H]1C2CO[C@@H]3C4OC2C1C43. The highest BCUT2D eigenvalue weighted by molar-refractivity contribution is 5.22. The van der Waals surface area contributed by atoms with Gasteiger partial charge in [-0.2, -0.15) is 0 Å². The number of fused-ring (bicyclic) bond motifs is 1. The molecule has 5 fully saturated rings. The van der Waals surface area contributed by atoms with Gasteiger partial charge in [0.2, 0.25) is 0 Å². The second kappa shape index (κ2) is 1.37. The Morgan fingerprint density at radius 1 is 1.09 bits per heavy atom. The summed E-state index contributed by atoms with van der Waals surface area (Å²) in [5.41, 5.74) is 0. The molecule has 3 aliphatic heterocycles. The molecular formula is C8H10O3. The zero-order valence-electron chi connectivity index (χ0n) is 6.01. The molecule has 0 aromatic carbocycles. The molecule has 3 heteroatoms. The Kier molecular flexibility index (Phi) is 0.685. The summed E-state index contributed by atoms with van der Waals surface area (Å²) in [4.78, 5) is 0. The molecule has 60 valence electrons. The summed E-state index contributed by atoms with van der Waals surface area (Å²) in [6.07, 6.45) is 0.923. The number of aliphatic hydroxyl groups excluding tert-OH is 1. The molecule has 7 atom stereocenters. The van der Waals surface area contributed by atoms with E-state index in [9.17, 15) is 5.11 Å². The maximum absolute atomic E-state index is 9.64. The van der Waals surface area contributed by atoms with Crippen LogP contribution in [0.3, 0.4) is 0 Å². The van der Waals surface area contributed by atoms with E-state index in [1.807, 2.05) is 0 Å². The summed E-state index contributed by atoms with van der Waals surface area (Å²) in [7, 11) is 0. The van der Waals surface area contributed by atoms with E-state index in [1.54, 1.807) is 0 Å². The van der Waals surface area contributed by atoms with Crippen LogP contribution in [-0.4, -0.2) is 36.1 Å². The molecular weight excluding hydrogens is 144 g/mol. The Morgan fingerprint density at radius 2 is 2.00 bits per heavy atom. The summed E-state index contributed by atoms with van der Waals surface area (Å²) in [6.45, 7) is 0.722. The minimum atomic E-state index is -0.123. The molecule has 0 aromatic heterocycles. The van der Waals surface area contributed by atoms with E-state index in [0.717, 1.165) is 6.61 Å². The highest BCUT2D eigenvalue weighted by Gasteiger charge is 2.75. The third-order valence-corrected chi connectivity index (χ3v) is 3.82. The average molecular weight is 154 g/mol. The van der Waals surface area contributed by atoms with E-state index < -0.39 is 0 Å². The standard InChI is InChI=1S/C8H10O3/c9-5-2-1-10-7-4-3(5)6(2)11-8(4)7/h2-9H,1H2/t2?,3?,4?,5-,6?,7+,8?/m1/s1. The van der Waals surface area contributed by atoms with Gasteiger partial charge in [0.1, 0.15) is 0 Å². The lowest BCUT2D eigenvalue weighted by atomic mass is 9.68. The van der Waals surface area contributed by atoms with Gasteiger partial charge < -0.3 is 14.6 Å². The Morgan fingerprint density at radius 3 is 2.91 bits per heavy atom. The van der Waals surface area contributed by atoms with Crippen LogP contribution in [0, 0.1) is 17.8 Å². The van der Waals surface area contributed by atoms with E-state index >= 15 is 0 Å². The predicted octanol–water partition coefficient (Wildman–Crippen LogP) is -0.611. The Hall–Kier alpha value is -0.120. The topological polar surface area (TPSA) is 38.7 Å². The molecule has 0 amide bonds. The van der Waals surface area contributed by atoms with E-state index in [1.165, 1.54) is 0 Å². The Bertz CT molecular complexity index is 223. The largest absolute Gasteiger partial charge is 0.392 e. The lowest BCUT2D eigenvalue weighted by Gasteiger charge is -2.43. The lowest BCUT2D eigenvalue weighted by molar-refractivity contribution is -0.140. The minimum absolute atomic E-state index is 0.123. The molecule has 0 aromatic rings. The van der Waals surface area contributed by atoms with Crippen LogP contribution in [0.1, 0.15) is 0 Å². The molecule has 2 saturated carbocycles. The van der Waals surface area contributed by atoms with Crippen molar-refractivity contribution in [2.24, 2.45) is 17.8 Å². The van der Waals surface area contributed by atoms with E-state index in [2.05, 4.69) is 0 Å². The van der Waals surface area contributed by atoms with Crippen molar-refractivity contribution in [1.82, 2.24) is 0 Å². The van der Waals surface area contributed by atoms with Gasteiger partial charge in [0.15, 0.2) is 0 Å². The molecule has 5 rings (SSSR count). The molecule has 0 spiro atoms. The Balaban J connectivity index is 1.84. The van der Waals surface area contributed by atoms with Crippen molar-refractivity contribution in [2.45, 2.75) is 24.4 Å². The van der Waals surface area contributed by atoms with Crippen LogP contribution >= 0.6 is 0 Å². The number of hydrogen-bond acceptors (Lipinski definition) is 3. The predicted molar refractivity (Wildman–Crippen MR) is 34.9 cm³/mol. The van der Waals surface area contributed by atoms with Crippen LogP contribution < -0.4 is 0 Å². The fourth-order valence-electron chi connectivity index (χ4n) is 3.14. The van der Waals surface area contributed by atoms with Crippen molar-refractivity contribution in [2.75, 3.05) is 6.61 Å². The first-order chi connectivity index (χ1) is 5.38. The first kappa shape index (κ1) is 5.51. The van der Waals surface area contributed by atoms with E-state index in [0.29, 0.717) is 36.1 Å². The third kappa shape index (κ3) is 0.406. The van der Waals surface area contributed by atoms with Crippen LogP contribution in [0.5, 0.6) is 0 Å². The van der Waals surface area contributed by atoms with Gasteiger partial charge in [-0.1, -0.05) is 0 Å². The lowest BCUT2D eigenvalue weighted by Crippen LogP contribution is -2.55. The quantitative estimate of drug-likeness (QED) is 0.506. The van der Waals surface area contributed by atoms with Crippen LogP contribution in [0.4, 0.5) is 0 Å². The van der Waals surface area contributed by atoms with Gasteiger partial charge in [-0.3, -0.25) is 0 Å². The molecule has 3 saturated heterocycles. The van der Waals surface area contributed by atoms with Crippen molar-refractivity contribution in [3.8, 4) is 0 Å². The van der Waals surface area contributed by atoms with Gasteiger partial charge in [0.05, 0.1) is 31.0 Å². The summed E-state index contributed by atoms with van der Waals surface area (Å²) >= 11 is 0. The summed E-state index contributed by atoms with van der Waals surface area (Å²) in [5, 5.41) is 9.64. The number of hydrogen-bond donors (Lipinski definition) is 1. The molecule has 2 aliphatic carbocycles. The second-order valence-electron chi connectivity index (χ2n) is 4.17. The summed E-state index contributed by atoms with van der Waals surface area (Å²) in [6, 6.07) is 0.